The van der Waals surface area contributed by atoms with Gasteiger partial charge in [-0.05, 0) is 34.4 Å². The predicted molar refractivity (Wildman–Crippen MR) is 86.7 cm³/mol. The number of rotatable bonds is 0. The minimum atomic E-state index is 1.04. The summed E-state index contributed by atoms with van der Waals surface area (Å²) >= 11 is 0. The highest BCUT2D eigenvalue weighted by Crippen LogP contribution is 2.49. The fourth-order valence-electron chi connectivity index (χ4n) is 3.75. The van der Waals surface area contributed by atoms with Crippen molar-refractivity contribution in [2.24, 2.45) is 0 Å². The number of hydrogen-bond donors (Lipinski definition) is 0. The van der Waals surface area contributed by atoms with Crippen LogP contribution in [0.4, 0.5) is 17.1 Å². The number of anilines is 3. The summed E-state index contributed by atoms with van der Waals surface area (Å²) in [5, 5.41) is 0. The number of para-hydroxylation sites is 3. The molecule has 0 atom stereocenters. The Labute approximate surface area is 124 Å². The highest BCUT2D eigenvalue weighted by Gasteiger charge is 2.30. The molecule has 1 heteroatoms. The molecule has 5 rings (SSSR count). The Balaban J connectivity index is 1.88. The average molecular weight is 269 g/mol. The van der Waals surface area contributed by atoms with Crippen LogP contribution in [0.15, 0.2) is 66.7 Å². The third-order valence-electron chi connectivity index (χ3n) is 4.65. The molecular formula is C20H15N. The van der Waals surface area contributed by atoms with Crippen LogP contribution in [-0.2, 0) is 12.8 Å². The fraction of sp³-hybridized carbons (Fsp3) is 0.100. The van der Waals surface area contributed by atoms with Crippen molar-refractivity contribution in [3.63, 3.8) is 0 Å². The highest BCUT2D eigenvalue weighted by atomic mass is 15.2. The van der Waals surface area contributed by atoms with Gasteiger partial charge in [0.05, 0.1) is 5.69 Å². The molecule has 1 nitrogen and oxygen atoms in total. The van der Waals surface area contributed by atoms with Gasteiger partial charge in [-0.3, -0.25) is 0 Å². The monoisotopic (exact) mass is 269 g/mol. The van der Waals surface area contributed by atoms with E-state index in [0.717, 1.165) is 12.8 Å². The summed E-state index contributed by atoms with van der Waals surface area (Å²) < 4.78 is 0. The molecule has 21 heavy (non-hydrogen) atoms. The zero-order chi connectivity index (χ0) is 13.8. The molecule has 0 N–H and O–H groups in total. The van der Waals surface area contributed by atoms with Crippen molar-refractivity contribution in [2.45, 2.75) is 12.8 Å². The SMILES string of the molecule is c1ccc2c(c1)Cc1cccc3c1N2c1ccccc1C3. The van der Waals surface area contributed by atoms with Gasteiger partial charge in [-0.15, -0.1) is 0 Å². The Morgan fingerprint density at radius 2 is 1.00 bits per heavy atom. The molecule has 0 radical (unpaired) electrons. The van der Waals surface area contributed by atoms with Gasteiger partial charge in [-0.1, -0.05) is 54.6 Å². The van der Waals surface area contributed by atoms with E-state index in [-0.39, 0.29) is 0 Å². The van der Waals surface area contributed by atoms with E-state index in [1.54, 1.807) is 0 Å². The summed E-state index contributed by atoms with van der Waals surface area (Å²) in [7, 11) is 0. The normalized spacial score (nSPS) is 14.2. The van der Waals surface area contributed by atoms with E-state index >= 15 is 0 Å². The van der Waals surface area contributed by atoms with Crippen molar-refractivity contribution in [3.05, 3.63) is 89.0 Å². The predicted octanol–water partition coefficient (Wildman–Crippen LogP) is 4.96. The maximum absolute atomic E-state index is 2.46. The lowest BCUT2D eigenvalue weighted by molar-refractivity contribution is 1.01. The summed E-state index contributed by atoms with van der Waals surface area (Å²) in [6.07, 6.45) is 2.08. The molecule has 0 saturated heterocycles. The molecule has 2 heterocycles. The van der Waals surface area contributed by atoms with E-state index in [0.29, 0.717) is 0 Å². The number of fused-ring (bicyclic) bond motifs is 4. The van der Waals surface area contributed by atoms with Crippen LogP contribution in [0.3, 0.4) is 0 Å². The van der Waals surface area contributed by atoms with Crippen molar-refractivity contribution >= 4 is 17.1 Å². The Hall–Kier alpha value is -2.54. The van der Waals surface area contributed by atoms with Gasteiger partial charge in [0.1, 0.15) is 0 Å². The van der Waals surface area contributed by atoms with Crippen molar-refractivity contribution in [1.29, 1.82) is 0 Å². The van der Waals surface area contributed by atoms with E-state index < -0.39 is 0 Å². The molecule has 3 aromatic rings. The third-order valence-corrected chi connectivity index (χ3v) is 4.65. The van der Waals surface area contributed by atoms with Crippen LogP contribution in [0, 0.1) is 0 Å². The van der Waals surface area contributed by atoms with E-state index in [4.69, 9.17) is 0 Å². The molecule has 100 valence electrons. The average Bonchev–Trinajstić information content (AvgIpc) is 2.54. The quantitative estimate of drug-likeness (QED) is 0.384. The van der Waals surface area contributed by atoms with Gasteiger partial charge in [-0.25, -0.2) is 0 Å². The van der Waals surface area contributed by atoms with Gasteiger partial charge >= 0.3 is 0 Å². The first-order valence-corrected chi connectivity index (χ1v) is 7.48. The summed E-state index contributed by atoms with van der Waals surface area (Å²) in [4.78, 5) is 2.46. The molecule has 0 fully saturated rings. The smallest absolute Gasteiger partial charge is 0.0532 e. The van der Waals surface area contributed by atoms with Crippen LogP contribution in [0.1, 0.15) is 22.3 Å². The van der Waals surface area contributed by atoms with Crippen LogP contribution in [0.5, 0.6) is 0 Å². The van der Waals surface area contributed by atoms with Gasteiger partial charge in [0, 0.05) is 24.2 Å². The molecule has 2 aliphatic heterocycles. The summed E-state index contributed by atoms with van der Waals surface area (Å²) in [5.41, 5.74) is 9.81. The van der Waals surface area contributed by atoms with Crippen molar-refractivity contribution in [3.8, 4) is 0 Å². The van der Waals surface area contributed by atoms with Crippen LogP contribution in [0.25, 0.3) is 0 Å². The lowest BCUT2D eigenvalue weighted by Gasteiger charge is -2.39. The summed E-state index contributed by atoms with van der Waals surface area (Å²) in [6, 6.07) is 24.3. The van der Waals surface area contributed by atoms with Gasteiger partial charge in [0.25, 0.3) is 0 Å². The number of hydrogen-bond acceptors (Lipinski definition) is 1. The molecule has 0 aromatic heterocycles. The van der Waals surface area contributed by atoms with Gasteiger partial charge in [0.2, 0.25) is 0 Å². The van der Waals surface area contributed by atoms with Crippen molar-refractivity contribution in [2.75, 3.05) is 4.90 Å². The largest absolute Gasteiger partial charge is 0.309 e. The number of nitrogens with zero attached hydrogens (tertiary/aromatic N) is 1. The Bertz CT molecular complexity index is 795. The lowest BCUT2D eigenvalue weighted by Crippen LogP contribution is -2.24. The molecular weight excluding hydrogens is 254 g/mol. The van der Waals surface area contributed by atoms with Gasteiger partial charge < -0.3 is 4.90 Å². The molecule has 2 aliphatic rings. The maximum Gasteiger partial charge on any atom is 0.0532 e. The van der Waals surface area contributed by atoms with Crippen LogP contribution < -0.4 is 4.90 Å². The molecule has 0 aliphatic carbocycles. The lowest BCUT2D eigenvalue weighted by atomic mass is 9.87. The van der Waals surface area contributed by atoms with E-state index in [9.17, 15) is 0 Å². The minimum absolute atomic E-state index is 1.04. The van der Waals surface area contributed by atoms with Crippen LogP contribution in [-0.4, -0.2) is 0 Å². The Kier molecular flexibility index (Phi) is 2.12. The topological polar surface area (TPSA) is 3.24 Å². The fourth-order valence-corrected chi connectivity index (χ4v) is 3.75. The zero-order valence-electron chi connectivity index (χ0n) is 11.7. The molecule has 0 bridgehead atoms. The maximum atomic E-state index is 2.46. The standard InChI is InChI=1S/C20H15N/c1-3-10-18-14(6-1)12-16-8-5-9-17-13-15-7-2-4-11-19(15)21(18)20(16)17/h1-11H,12-13H2. The first-order valence-electron chi connectivity index (χ1n) is 7.48. The Morgan fingerprint density at radius 3 is 1.57 bits per heavy atom. The van der Waals surface area contributed by atoms with Crippen molar-refractivity contribution < 1.29 is 0 Å². The first kappa shape index (κ1) is 11.2. The van der Waals surface area contributed by atoms with E-state index in [1.807, 2.05) is 0 Å². The molecule has 0 unspecified atom stereocenters. The second kappa shape index (κ2) is 3.98. The van der Waals surface area contributed by atoms with Crippen molar-refractivity contribution in [1.82, 2.24) is 0 Å². The summed E-state index contributed by atoms with van der Waals surface area (Å²) in [6.45, 7) is 0. The molecule has 0 spiro atoms. The molecule has 0 saturated carbocycles. The minimum Gasteiger partial charge on any atom is -0.309 e. The Morgan fingerprint density at radius 1 is 0.524 bits per heavy atom. The van der Waals surface area contributed by atoms with Crippen LogP contribution in [0.2, 0.25) is 0 Å². The molecule has 0 amide bonds. The highest BCUT2D eigenvalue weighted by molar-refractivity contribution is 5.88. The van der Waals surface area contributed by atoms with E-state index in [1.165, 1.54) is 39.3 Å². The van der Waals surface area contributed by atoms with E-state index in [2.05, 4.69) is 71.6 Å². The zero-order valence-corrected chi connectivity index (χ0v) is 11.7. The van der Waals surface area contributed by atoms with Gasteiger partial charge in [0.15, 0.2) is 0 Å². The van der Waals surface area contributed by atoms with Crippen LogP contribution >= 0.6 is 0 Å². The summed E-state index contributed by atoms with van der Waals surface area (Å²) in [5.74, 6) is 0. The number of benzene rings is 3. The van der Waals surface area contributed by atoms with Gasteiger partial charge in [-0.2, -0.15) is 0 Å². The third kappa shape index (κ3) is 1.46. The second-order valence-corrected chi connectivity index (χ2v) is 5.87. The second-order valence-electron chi connectivity index (χ2n) is 5.87. The first-order chi connectivity index (χ1) is 10.4. The molecule has 3 aromatic carbocycles.